The summed E-state index contributed by atoms with van der Waals surface area (Å²) in [4.78, 5) is 0. The lowest BCUT2D eigenvalue weighted by molar-refractivity contribution is 0.517. The summed E-state index contributed by atoms with van der Waals surface area (Å²) in [6.07, 6.45) is 2.35. The Hall–Kier alpha value is 0.170. The Balaban J connectivity index is 2.04. The number of rotatable bonds is 5. The highest BCUT2D eigenvalue weighted by molar-refractivity contribution is 8.07. The molecule has 0 bridgehead atoms. The Labute approximate surface area is 130 Å². The summed E-state index contributed by atoms with van der Waals surface area (Å²) in [7, 11) is 2.09. The zero-order valence-corrected chi connectivity index (χ0v) is 14.0. The minimum atomic E-state index is 0.545. The lowest BCUT2D eigenvalue weighted by Crippen LogP contribution is -2.44. The van der Waals surface area contributed by atoms with Gasteiger partial charge in [0.05, 0.1) is 0 Å². The molecule has 1 fully saturated rings. The maximum Gasteiger partial charge on any atom is 0.0406 e. The molecule has 0 radical (unpaired) electrons. The Morgan fingerprint density at radius 3 is 2.58 bits per heavy atom. The topological polar surface area (TPSA) is 12.0 Å². The molecule has 0 spiro atoms. The van der Waals surface area contributed by atoms with Gasteiger partial charge in [0.15, 0.2) is 0 Å². The summed E-state index contributed by atoms with van der Waals surface area (Å²) in [5.41, 5.74) is 1.37. The quantitative estimate of drug-likeness (QED) is 0.878. The normalized spacial score (nSPS) is 25.2. The highest BCUT2D eigenvalue weighted by Gasteiger charge is 2.31. The molecular weight excluding hydrogens is 294 g/mol. The van der Waals surface area contributed by atoms with Gasteiger partial charge in [-0.15, -0.1) is 0 Å². The molecular formula is C15H22ClNS2. The van der Waals surface area contributed by atoms with Crippen molar-refractivity contribution in [2.75, 3.05) is 18.6 Å². The number of halogens is 1. The van der Waals surface area contributed by atoms with Gasteiger partial charge in [-0.2, -0.15) is 23.5 Å². The van der Waals surface area contributed by atoms with Crippen molar-refractivity contribution in [3.8, 4) is 0 Å². The first-order valence-electron chi connectivity index (χ1n) is 6.89. The Bertz CT molecular complexity index is 382. The fraction of sp³-hybridized carbons (Fsp3) is 0.600. The van der Waals surface area contributed by atoms with Crippen LogP contribution in [0.15, 0.2) is 24.3 Å². The van der Waals surface area contributed by atoms with Gasteiger partial charge < -0.3 is 5.32 Å². The monoisotopic (exact) mass is 315 g/mol. The number of benzene rings is 1. The van der Waals surface area contributed by atoms with Crippen LogP contribution in [0.1, 0.15) is 18.9 Å². The second-order valence-electron chi connectivity index (χ2n) is 4.88. The van der Waals surface area contributed by atoms with Crippen molar-refractivity contribution in [3.63, 3.8) is 0 Å². The van der Waals surface area contributed by atoms with Gasteiger partial charge in [-0.25, -0.2) is 0 Å². The lowest BCUT2D eigenvalue weighted by atomic mass is 10.0. The number of hydrogen-bond acceptors (Lipinski definition) is 3. The summed E-state index contributed by atoms with van der Waals surface area (Å²) in [6, 6.07) is 8.82. The third-order valence-corrected chi connectivity index (χ3v) is 7.29. The van der Waals surface area contributed by atoms with Crippen molar-refractivity contribution < 1.29 is 0 Å². The maximum absolute atomic E-state index is 5.95. The standard InChI is InChI=1S/C15H22ClNS2/c1-3-14-15(19-9-8-18-14)13(17-2)10-11-4-6-12(16)7-5-11/h4-7,13-15,17H,3,8-10H2,1-2H3. The largest absolute Gasteiger partial charge is 0.316 e. The van der Waals surface area contributed by atoms with E-state index in [1.165, 1.54) is 23.5 Å². The van der Waals surface area contributed by atoms with Crippen LogP contribution >= 0.6 is 35.1 Å². The molecule has 0 saturated carbocycles. The van der Waals surface area contributed by atoms with E-state index in [9.17, 15) is 0 Å². The fourth-order valence-electron chi connectivity index (χ4n) is 2.57. The first kappa shape index (κ1) is 15.6. The van der Waals surface area contributed by atoms with E-state index in [1.54, 1.807) is 0 Å². The molecule has 1 N–H and O–H groups in total. The van der Waals surface area contributed by atoms with Gasteiger partial charge >= 0.3 is 0 Å². The molecule has 1 aliphatic heterocycles. The number of nitrogens with one attached hydrogen (secondary N) is 1. The van der Waals surface area contributed by atoms with Crippen LogP contribution < -0.4 is 5.32 Å². The van der Waals surface area contributed by atoms with E-state index in [4.69, 9.17) is 11.6 Å². The second kappa shape index (κ2) is 7.82. The van der Waals surface area contributed by atoms with Gasteiger partial charge in [0.1, 0.15) is 0 Å². The predicted octanol–water partition coefficient (Wildman–Crippen LogP) is 4.10. The summed E-state index contributed by atoms with van der Waals surface area (Å²) in [6.45, 7) is 2.31. The molecule has 1 aromatic carbocycles. The second-order valence-corrected chi connectivity index (χ2v) is 7.95. The van der Waals surface area contributed by atoms with Crippen LogP contribution in [0, 0.1) is 0 Å². The van der Waals surface area contributed by atoms with E-state index < -0.39 is 0 Å². The molecule has 1 nitrogen and oxygen atoms in total. The van der Waals surface area contributed by atoms with E-state index in [1.807, 2.05) is 12.1 Å². The zero-order valence-electron chi connectivity index (χ0n) is 11.6. The Kier molecular flexibility index (Phi) is 6.40. The molecule has 1 heterocycles. The van der Waals surface area contributed by atoms with Gasteiger partial charge in [-0.1, -0.05) is 30.7 Å². The highest BCUT2D eigenvalue weighted by Crippen LogP contribution is 2.36. The van der Waals surface area contributed by atoms with Crippen molar-refractivity contribution in [2.24, 2.45) is 0 Å². The minimum absolute atomic E-state index is 0.545. The lowest BCUT2D eigenvalue weighted by Gasteiger charge is -2.36. The first-order chi connectivity index (χ1) is 9.24. The predicted molar refractivity (Wildman–Crippen MR) is 90.8 cm³/mol. The third kappa shape index (κ3) is 4.32. The van der Waals surface area contributed by atoms with Gasteiger partial charge in [0, 0.05) is 33.1 Å². The SMILES string of the molecule is CCC1SCCSC1C(Cc1ccc(Cl)cc1)NC. The third-order valence-electron chi connectivity index (χ3n) is 3.63. The summed E-state index contributed by atoms with van der Waals surface area (Å²) in [5, 5.41) is 5.84. The number of thioether (sulfide) groups is 2. The first-order valence-corrected chi connectivity index (χ1v) is 9.37. The van der Waals surface area contributed by atoms with E-state index >= 15 is 0 Å². The molecule has 1 aromatic rings. The van der Waals surface area contributed by atoms with Crippen LogP contribution in [0.2, 0.25) is 5.02 Å². The number of hydrogen-bond donors (Lipinski definition) is 1. The van der Waals surface area contributed by atoms with Crippen molar-refractivity contribution >= 4 is 35.1 Å². The van der Waals surface area contributed by atoms with Crippen molar-refractivity contribution in [3.05, 3.63) is 34.9 Å². The molecule has 1 aliphatic rings. The molecule has 2 rings (SSSR count). The van der Waals surface area contributed by atoms with E-state index in [2.05, 4.69) is 54.9 Å². The van der Waals surface area contributed by atoms with Crippen LogP contribution in [0.4, 0.5) is 0 Å². The van der Waals surface area contributed by atoms with Crippen LogP contribution in [0.3, 0.4) is 0 Å². The zero-order chi connectivity index (χ0) is 13.7. The molecule has 1 saturated heterocycles. The average molecular weight is 316 g/mol. The maximum atomic E-state index is 5.95. The van der Waals surface area contributed by atoms with Crippen molar-refractivity contribution in [2.45, 2.75) is 36.3 Å². The Morgan fingerprint density at radius 2 is 1.95 bits per heavy atom. The molecule has 0 aromatic heterocycles. The average Bonchev–Trinajstić information content (AvgIpc) is 2.46. The fourth-order valence-corrected chi connectivity index (χ4v) is 6.00. The van der Waals surface area contributed by atoms with Crippen LogP contribution in [-0.4, -0.2) is 35.1 Å². The molecule has 106 valence electrons. The molecule has 4 heteroatoms. The smallest absolute Gasteiger partial charge is 0.0406 e. The van der Waals surface area contributed by atoms with E-state index in [0.29, 0.717) is 11.3 Å². The van der Waals surface area contributed by atoms with Crippen LogP contribution in [-0.2, 0) is 6.42 Å². The highest BCUT2D eigenvalue weighted by atomic mass is 35.5. The van der Waals surface area contributed by atoms with E-state index in [0.717, 1.165) is 16.7 Å². The van der Waals surface area contributed by atoms with Crippen molar-refractivity contribution in [1.29, 1.82) is 0 Å². The van der Waals surface area contributed by atoms with Crippen LogP contribution in [0.25, 0.3) is 0 Å². The summed E-state index contributed by atoms with van der Waals surface area (Å²) in [5.74, 6) is 2.59. The molecule has 19 heavy (non-hydrogen) atoms. The van der Waals surface area contributed by atoms with Gasteiger partial charge in [-0.3, -0.25) is 0 Å². The molecule has 0 aliphatic carbocycles. The van der Waals surface area contributed by atoms with Gasteiger partial charge in [-0.05, 0) is 37.6 Å². The molecule has 3 atom stereocenters. The van der Waals surface area contributed by atoms with Crippen LogP contribution in [0.5, 0.6) is 0 Å². The van der Waals surface area contributed by atoms with Crippen molar-refractivity contribution in [1.82, 2.24) is 5.32 Å². The minimum Gasteiger partial charge on any atom is -0.316 e. The van der Waals surface area contributed by atoms with E-state index in [-0.39, 0.29) is 0 Å². The number of likely N-dealkylation sites (N-methyl/N-ethyl adjacent to an activating group) is 1. The van der Waals surface area contributed by atoms with Gasteiger partial charge in [0.2, 0.25) is 0 Å². The summed E-state index contributed by atoms with van der Waals surface area (Å²) >= 11 is 10.2. The molecule has 0 amide bonds. The molecule has 3 unspecified atom stereocenters. The Morgan fingerprint density at radius 1 is 1.26 bits per heavy atom. The summed E-state index contributed by atoms with van der Waals surface area (Å²) < 4.78 is 0. The van der Waals surface area contributed by atoms with Gasteiger partial charge in [0.25, 0.3) is 0 Å².